The lowest BCUT2D eigenvalue weighted by molar-refractivity contribution is -0.146. The Morgan fingerprint density at radius 2 is 2.23 bits per heavy atom. The van der Waals surface area contributed by atoms with E-state index in [1.54, 1.807) is 0 Å². The molecule has 0 radical (unpaired) electrons. The number of aromatic nitrogens is 1. The highest BCUT2D eigenvalue weighted by Crippen LogP contribution is 2.31. The molecule has 1 saturated heterocycles. The first kappa shape index (κ1) is 16.9. The Morgan fingerprint density at radius 3 is 2.82 bits per heavy atom. The third-order valence-electron chi connectivity index (χ3n) is 4.66. The Balaban J connectivity index is 2.24. The second-order valence-electron chi connectivity index (χ2n) is 6.19. The van der Waals surface area contributed by atoms with E-state index in [-0.39, 0.29) is 12.1 Å². The number of carboxylic acid groups (broad SMARTS) is 1. The van der Waals surface area contributed by atoms with Crippen LogP contribution in [0.1, 0.15) is 69.7 Å². The molecule has 4 nitrogen and oxygen atoms in total. The van der Waals surface area contributed by atoms with Gasteiger partial charge in [-0.25, -0.2) is 0 Å². The fourth-order valence-electron chi connectivity index (χ4n) is 3.32. The first-order valence-corrected chi connectivity index (χ1v) is 8.60. The van der Waals surface area contributed by atoms with Crippen molar-refractivity contribution in [1.29, 1.82) is 0 Å². The Kier molecular flexibility index (Phi) is 6.37. The average molecular weight is 304 g/mol. The number of hydrogen-bond donors (Lipinski definition) is 1. The number of hydrogen-bond acceptors (Lipinski definition) is 3. The summed E-state index contributed by atoms with van der Waals surface area (Å²) in [5, 5.41) is 9.55. The molecule has 22 heavy (non-hydrogen) atoms. The molecule has 2 rings (SSSR count). The summed E-state index contributed by atoms with van der Waals surface area (Å²) in [5.41, 5.74) is 2.25. The second-order valence-corrected chi connectivity index (χ2v) is 6.19. The van der Waals surface area contributed by atoms with Crippen LogP contribution in [0.5, 0.6) is 0 Å². The fourth-order valence-corrected chi connectivity index (χ4v) is 3.32. The van der Waals surface area contributed by atoms with Crippen LogP contribution in [-0.2, 0) is 11.2 Å². The van der Waals surface area contributed by atoms with Crippen LogP contribution >= 0.6 is 0 Å². The molecular formula is C18H28N2O2. The number of unbranched alkanes of at least 4 members (excludes halogenated alkanes) is 1. The predicted octanol–water partition coefficient (Wildman–Crippen LogP) is 3.81. The number of aryl methyl sites for hydroxylation is 1. The lowest BCUT2D eigenvalue weighted by Crippen LogP contribution is -2.46. The van der Waals surface area contributed by atoms with Gasteiger partial charge in [-0.05, 0) is 43.9 Å². The van der Waals surface area contributed by atoms with Gasteiger partial charge in [0.25, 0.3) is 0 Å². The van der Waals surface area contributed by atoms with Gasteiger partial charge >= 0.3 is 5.97 Å². The fraction of sp³-hybridized carbons (Fsp3) is 0.667. The Morgan fingerprint density at radius 1 is 1.41 bits per heavy atom. The minimum absolute atomic E-state index is 0.132. The normalized spacial score (nSPS) is 20.7. The Labute approximate surface area is 133 Å². The monoisotopic (exact) mass is 304 g/mol. The quantitative estimate of drug-likeness (QED) is 0.832. The largest absolute Gasteiger partial charge is 0.480 e. The third kappa shape index (κ3) is 4.07. The molecule has 2 atom stereocenters. The molecule has 0 aromatic carbocycles. The van der Waals surface area contributed by atoms with Gasteiger partial charge < -0.3 is 5.11 Å². The molecule has 0 amide bonds. The van der Waals surface area contributed by atoms with E-state index < -0.39 is 5.97 Å². The summed E-state index contributed by atoms with van der Waals surface area (Å²) in [6.07, 6.45) is 8.97. The van der Waals surface area contributed by atoms with E-state index in [0.717, 1.165) is 57.2 Å². The van der Waals surface area contributed by atoms with Crippen molar-refractivity contribution in [1.82, 2.24) is 9.88 Å². The molecule has 2 heterocycles. The molecule has 122 valence electrons. The van der Waals surface area contributed by atoms with Crippen LogP contribution in [0.3, 0.4) is 0 Å². The molecule has 1 aromatic rings. The topological polar surface area (TPSA) is 53.4 Å². The summed E-state index contributed by atoms with van der Waals surface area (Å²) in [6, 6.07) is 3.99. The van der Waals surface area contributed by atoms with Crippen molar-refractivity contribution in [2.24, 2.45) is 0 Å². The minimum Gasteiger partial charge on any atom is -0.480 e. The third-order valence-corrected chi connectivity index (χ3v) is 4.66. The van der Waals surface area contributed by atoms with Crippen LogP contribution in [0.15, 0.2) is 18.3 Å². The lowest BCUT2D eigenvalue weighted by Gasteiger charge is -2.39. The standard InChI is InChI=1S/C18H28N2O2/c1-3-5-8-16(15-11-10-14(4-2)13-19-15)20-12-7-6-9-17(20)18(21)22/h10-11,13,16-17H,3-9,12H2,1-2H3,(H,21,22). The van der Waals surface area contributed by atoms with Crippen molar-refractivity contribution >= 4 is 5.97 Å². The Bertz CT molecular complexity index is 472. The number of likely N-dealkylation sites (tertiary alicyclic amines) is 1. The molecular weight excluding hydrogens is 276 g/mol. The van der Waals surface area contributed by atoms with Gasteiger partial charge in [0.2, 0.25) is 0 Å². The number of piperidine rings is 1. The van der Waals surface area contributed by atoms with E-state index in [1.165, 1.54) is 5.56 Å². The molecule has 0 saturated carbocycles. The first-order chi connectivity index (χ1) is 10.7. The van der Waals surface area contributed by atoms with Crippen LogP contribution in [0.2, 0.25) is 0 Å². The van der Waals surface area contributed by atoms with Crippen molar-refractivity contribution in [3.05, 3.63) is 29.6 Å². The molecule has 1 aliphatic rings. The van der Waals surface area contributed by atoms with Crippen molar-refractivity contribution in [2.45, 2.75) is 70.9 Å². The maximum absolute atomic E-state index is 11.6. The SMILES string of the molecule is CCCCC(c1ccc(CC)cn1)N1CCCCC1C(=O)O. The zero-order valence-electron chi connectivity index (χ0n) is 13.8. The Hall–Kier alpha value is -1.42. The highest BCUT2D eigenvalue weighted by Gasteiger charge is 2.34. The van der Waals surface area contributed by atoms with Crippen LogP contribution in [0.4, 0.5) is 0 Å². The number of rotatable bonds is 7. The highest BCUT2D eigenvalue weighted by atomic mass is 16.4. The summed E-state index contributed by atoms with van der Waals surface area (Å²) < 4.78 is 0. The van der Waals surface area contributed by atoms with E-state index in [1.807, 2.05) is 6.20 Å². The van der Waals surface area contributed by atoms with Crippen LogP contribution in [0, 0.1) is 0 Å². The smallest absolute Gasteiger partial charge is 0.320 e. The molecule has 1 aliphatic heterocycles. The first-order valence-electron chi connectivity index (χ1n) is 8.60. The molecule has 2 unspecified atom stereocenters. The van der Waals surface area contributed by atoms with Crippen LogP contribution in [0.25, 0.3) is 0 Å². The van der Waals surface area contributed by atoms with E-state index >= 15 is 0 Å². The summed E-state index contributed by atoms with van der Waals surface area (Å²) in [4.78, 5) is 18.4. The molecule has 1 fully saturated rings. The van der Waals surface area contributed by atoms with Crippen molar-refractivity contribution in [2.75, 3.05) is 6.54 Å². The number of nitrogens with zero attached hydrogens (tertiary/aromatic N) is 2. The van der Waals surface area contributed by atoms with Crippen LogP contribution in [-0.4, -0.2) is 33.5 Å². The van der Waals surface area contributed by atoms with E-state index in [4.69, 9.17) is 0 Å². The van der Waals surface area contributed by atoms with E-state index in [2.05, 4.69) is 35.9 Å². The molecule has 0 aliphatic carbocycles. The zero-order valence-corrected chi connectivity index (χ0v) is 13.8. The maximum atomic E-state index is 11.6. The molecule has 4 heteroatoms. The molecule has 1 N–H and O–H groups in total. The average Bonchev–Trinajstić information content (AvgIpc) is 2.56. The van der Waals surface area contributed by atoms with Crippen LogP contribution < -0.4 is 0 Å². The summed E-state index contributed by atoms with van der Waals surface area (Å²) in [5.74, 6) is -0.689. The van der Waals surface area contributed by atoms with Gasteiger partial charge in [0.15, 0.2) is 0 Å². The summed E-state index contributed by atoms with van der Waals surface area (Å²) >= 11 is 0. The molecule has 0 bridgehead atoms. The van der Waals surface area contributed by atoms with E-state index in [0.29, 0.717) is 0 Å². The lowest BCUT2D eigenvalue weighted by atomic mass is 9.95. The molecule has 1 aromatic heterocycles. The van der Waals surface area contributed by atoms with Gasteiger partial charge in [-0.1, -0.05) is 39.2 Å². The predicted molar refractivity (Wildman–Crippen MR) is 87.9 cm³/mol. The maximum Gasteiger partial charge on any atom is 0.320 e. The van der Waals surface area contributed by atoms with Crippen molar-refractivity contribution in [3.8, 4) is 0 Å². The number of carboxylic acids is 1. The van der Waals surface area contributed by atoms with Gasteiger partial charge in [0.1, 0.15) is 6.04 Å². The molecule has 0 spiro atoms. The van der Waals surface area contributed by atoms with Crippen molar-refractivity contribution in [3.63, 3.8) is 0 Å². The van der Waals surface area contributed by atoms with Gasteiger partial charge in [-0.2, -0.15) is 0 Å². The number of aliphatic carboxylic acids is 1. The van der Waals surface area contributed by atoms with Crippen molar-refractivity contribution < 1.29 is 9.90 Å². The number of carbonyl (C=O) groups is 1. The van der Waals surface area contributed by atoms with Gasteiger partial charge in [0.05, 0.1) is 11.7 Å². The van der Waals surface area contributed by atoms with Gasteiger partial charge in [0, 0.05) is 6.20 Å². The number of pyridine rings is 1. The zero-order chi connectivity index (χ0) is 15.9. The van der Waals surface area contributed by atoms with Gasteiger partial charge in [-0.3, -0.25) is 14.7 Å². The van der Waals surface area contributed by atoms with E-state index in [9.17, 15) is 9.90 Å². The summed E-state index contributed by atoms with van der Waals surface area (Å²) in [7, 11) is 0. The highest BCUT2D eigenvalue weighted by molar-refractivity contribution is 5.73. The second kappa shape index (κ2) is 8.28. The minimum atomic E-state index is -0.689. The van der Waals surface area contributed by atoms with Gasteiger partial charge in [-0.15, -0.1) is 0 Å². The summed E-state index contributed by atoms with van der Waals surface area (Å²) in [6.45, 7) is 5.16.